The van der Waals surface area contributed by atoms with Crippen LogP contribution >= 0.6 is 11.3 Å². The second kappa shape index (κ2) is 5.79. The second-order valence-electron chi connectivity index (χ2n) is 4.04. The number of nitro groups is 1. The largest absolute Gasteiger partial charge is 0.374 e. The van der Waals surface area contributed by atoms with Gasteiger partial charge in [-0.05, 0) is 6.92 Å². The van der Waals surface area contributed by atoms with Gasteiger partial charge >= 0.3 is 5.69 Å². The van der Waals surface area contributed by atoms with Crippen molar-refractivity contribution in [2.24, 2.45) is 0 Å². The summed E-state index contributed by atoms with van der Waals surface area (Å²) in [7, 11) is -2.37. The van der Waals surface area contributed by atoms with Gasteiger partial charge in [-0.2, -0.15) is 0 Å². The molecule has 11 heteroatoms. The van der Waals surface area contributed by atoms with Crippen LogP contribution in [0.2, 0.25) is 0 Å². The molecule has 0 unspecified atom stereocenters. The van der Waals surface area contributed by atoms with Gasteiger partial charge in [-0.1, -0.05) is 16.5 Å². The summed E-state index contributed by atoms with van der Waals surface area (Å²) in [5.41, 5.74) is 0.149. The van der Waals surface area contributed by atoms with Crippen molar-refractivity contribution in [3.8, 4) is 0 Å². The zero-order valence-electron chi connectivity index (χ0n) is 11.1. The number of nitrogens with one attached hydrogen (secondary N) is 2. The second-order valence-corrected chi connectivity index (χ2v) is 7.09. The highest BCUT2D eigenvalue weighted by Gasteiger charge is 2.25. The lowest BCUT2D eigenvalue weighted by molar-refractivity contribution is -0.383. The van der Waals surface area contributed by atoms with Crippen molar-refractivity contribution in [1.82, 2.24) is 9.88 Å². The maximum atomic E-state index is 12.1. The molecule has 0 saturated heterocycles. The molecule has 0 bridgehead atoms. The minimum absolute atomic E-state index is 0.0553. The number of sulfonamides is 1. The third kappa shape index (κ3) is 3.37. The average molecular weight is 332 g/mol. The van der Waals surface area contributed by atoms with E-state index in [2.05, 4.69) is 15.2 Å². The Morgan fingerprint density at radius 3 is 2.67 bits per heavy atom. The first-order valence-electron chi connectivity index (χ1n) is 5.71. The van der Waals surface area contributed by atoms with Crippen LogP contribution in [0, 0.1) is 17.0 Å². The molecule has 2 rings (SSSR count). The van der Waals surface area contributed by atoms with E-state index in [0.29, 0.717) is 11.5 Å². The lowest BCUT2D eigenvalue weighted by Gasteiger charge is -2.01. The van der Waals surface area contributed by atoms with E-state index in [1.54, 1.807) is 13.0 Å². The summed E-state index contributed by atoms with van der Waals surface area (Å²) in [6.07, 6.45) is 0. The molecule has 0 aliphatic carbocycles. The lowest BCUT2D eigenvalue weighted by atomic mass is 10.4. The van der Waals surface area contributed by atoms with Crippen LogP contribution in [0.1, 0.15) is 11.5 Å². The number of hydrogen-bond donors (Lipinski definition) is 2. The average Bonchev–Trinajstić information content (AvgIpc) is 3.02. The first kappa shape index (κ1) is 15.4. The molecular formula is C10H12N4O5S2. The third-order valence-corrected chi connectivity index (χ3v) is 5.52. The Morgan fingerprint density at radius 2 is 2.19 bits per heavy atom. The molecule has 2 aromatic heterocycles. The van der Waals surface area contributed by atoms with Gasteiger partial charge in [0.15, 0.2) is 5.00 Å². The van der Waals surface area contributed by atoms with Gasteiger partial charge in [0.25, 0.3) is 10.0 Å². The summed E-state index contributed by atoms with van der Waals surface area (Å²) >= 11 is 0.788. The summed E-state index contributed by atoms with van der Waals surface area (Å²) in [4.78, 5) is 10.2. The first-order valence-corrected chi connectivity index (χ1v) is 8.01. The maximum absolute atomic E-state index is 12.1. The first-order chi connectivity index (χ1) is 9.83. The van der Waals surface area contributed by atoms with Crippen molar-refractivity contribution in [2.75, 3.05) is 12.4 Å². The Morgan fingerprint density at radius 1 is 1.48 bits per heavy atom. The number of aromatic nitrogens is 1. The smallest absolute Gasteiger partial charge is 0.304 e. The van der Waals surface area contributed by atoms with Crippen molar-refractivity contribution in [3.05, 3.63) is 33.7 Å². The van der Waals surface area contributed by atoms with Gasteiger partial charge in [0.1, 0.15) is 9.97 Å². The van der Waals surface area contributed by atoms with Crippen molar-refractivity contribution in [2.45, 2.75) is 17.7 Å². The number of nitrogens with zero attached hydrogens (tertiary/aromatic N) is 2. The Labute approximate surface area is 124 Å². The standard InChI is InChI=1S/C10H12N4O5S2/c1-6-3-7(13-19-6)5-12-21(17,18)9-4-8(14(15)16)10(11-2)20-9/h3-4,11-12H,5H2,1-2H3. The van der Waals surface area contributed by atoms with Crippen LogP contribution in [-0.4, -0.2) is 25.5 Å². The summed E-state index contributed by atoms with van der Waals surface area (Å²) in [5.74, 6) is 0.563. The van der Waals surface area contributed by atoms with Gasteiger partial charge in [0.05, 0.1) is 17.2 Å². The van der Waals surface area contributed by atoms with Gasteiger partial charge in [0, 0.05) is 19.2 Å². The predicted molar refractivity (Wildman–Crippen MR) is 75.8 cm³/mol. The van der Waals surface area contributed by atoms with Crippen LogP contribution in [0.5, 0.6) is 0 Å². The minimum Gasteiger partial charge on any atom is -0.374 e. The Kier molecular flexibility index (Phi) is 4.25. The van der Waals surface area contributed by atoms with E-state index in [1.165, 1.54) is 7.05 Å². The van der Waals surface area contributed by atoms with Crippen LogP contribution in [0.15, 0.2) is 20.9 Å². The van der Waals surface area contributed by atoms with Crippen molar-refractivity contribution < 1.29 is 17.9 Å². The van der Waals surface area contributed by atoms with E-state index in [1.807, 2.05) is 0 Å². The molecule has 0 spiro atoms. The van der Waals surface area contributed by atoms with Gasteiger partial charge in [-0.15, -0.1) is 0 Å². The number of thiophene rings is 1. The van der Waals surface area contributed by atoms with Gasteiger partial charge in [-0.3, -0.25) is 10.1 Å². The topological polar surface area (TPSA) is 127 Å². The third-order valence-electron chi connectivity index (χ3n) is 2.50. The van der Waals surface area contributed by atoms with E-state index < -0.39 is 14.9 Å². The molecule has 21 heavy (non-hydrogen) atoms. The molecule has 0 atom stereocenters. The summed E-state index contributed by atoms with van der Waals surface area (Å²) < 4.78 is 31.2. The number of aryl methyl sites for hydroxylation is 1. The molecule has 2 heterocycles. The van der Waals surface area contributed by atoms with E-state index in [9.17, 15) is 18.5 Å². The zero-order valence-corrected chi connectivity index (χ0v) is 12.7. The van der Waals surface area contributed by atoms with Gasteiger partial charge in [-0.25, -0.2) is 13.1 Å². The molecule has 0 fully saturated rings. The Balaban J connectivity index is 2.21. The monoisotopic (exact) mass is 332 g/mol. The molecule has 0 aromatic carbocycles. The fourth-order valence-corrected chi connectivity index (χ4v) is 3.87. The van der Waals surface area contributed by atoms with E-state index >= 15 is 0 Å². The fraction of sp³-hybridized carbons (Fsp3) is 0.300. The Bertz CT molecular complexity index is 764. The van der Waals surface area contributed by atoms with Crippen molar-refractivity contribution in [1.29, 1.82) is 0 Å². The van der Waals surface area contributed by atoms with Crippen LogP contribution in [0.3, 0.4) is 0 Å². The highest BCUT2D eigenvalue weighted by Crippen LogP contribution is 2.36. The quantitative estimate of drug-likeness (QED) is 0.605. The summed E-state index contributed by atoms with van der Waals surface area (Å²) in [5, 5.41) is 17.3. The van der Waals surface area contributed by atoms with Crippen LogP contribution < -0.4 is 10.0 Å². The van der Waals surface area contributed by atoms with Crippen LogP contribution in [0.25, 0.3) is 0 Å². The molecule has 2 aromatic rings. The van der Waals surface area contributed by atoms with Crippen molar-refractivity contribution >= 4 is 32.0 Å². The number of hydrogen-bond acceptors (Lipinski definition) is 8. The molecular weight excluding hydrogens is 320 g/mol. The molecule has 0 aliphatic rings. The van der Waals surface area contributed by atoms with Crippen molar-refractivity contribution in [3.63, 3.8) is 0 Å². The normalized spacial score (nSPS) is 11.5. The van der Waals surface area contributed by atoms with E-state index in [0.717, 1.165) is 17.4 Å². The zero-order chi connectivity index (χ0) is 15.6. The molecule has 9 nitrogen and oxygen atoms in total. The summed E-state index contributed by atoms with van der Waals surface area (Å²) in [6, 6.07) is 2.62. The molecule has 0 saturated carbocycles. The SMILES string of the molecule is CNc1sc(S(=O)(=O)NCc2cc(C)on2)cc1[N+](=O)[O-]. The molecule has 0 aliphatic heterocycles. The van der Waals surface area contributed by atoms with Crippen LogP contribution in [-0.2, 0) is 16.6 Å². The maximum Gasteiger partial charge on any atom is 0.304 e. The molecule has 0 radical (unpaired) electrons. The van der Waals surface area contributed by atoms with E-state index in [4.69, 9.17) is 4.52 Å². The predicted octanol–water partition coefficient (Wildman–Crippen LogP) is 1.47. The van der Waals surface area contributed by atoms with Gasteiger partial charge < -0.3 is 9.84 Å². The Hall–Kier alpha value is -1.98. The highest BCUT2D eigenvalue weighted by molar-refractivity contribution is 7.91. The fourth-order valence-electron chi connectivity index (χ4n) is 1.55. The number of rotatable bonds is 6. The minimum atomic E-state index is -3.85. The van der Waals surface area contributed by atoms with Gasteiger partial charge in [0.2, 0.25) is 0 Å². The highest BCUT2D eigenvalue weighted by atomic mass is 32.2. The lowest BCUT2D eigenvalue weighted by Crippen LogP contribution is -2.22. The molecule has 2 N–H and O–H groups in total. The molecule has 0 amide bonds. The summed E-state index contributed by atoms with van der Waals surface area (Å²) in [6.45, 7) is 1.63. The number of anilines is 1. The van der Waals surface area contributed by atoms with Crippen LogP contribution in [0.4, 0.5) is 10.7 Å². The molecule has 114 valence electrons. The van der Waals surface area contributed by atoms with E-state index in [-0.39, 0.29) is 21.4 Å².